The number of aromatic nitrogens is 2. The Morgan fingerprint density at radius 2 is 1.86 bits per heavy atom. The number of nitrogens with zero attached hydrogens (tertiary/aromatic N) is 2. The Labute approximate surface area is 172 Å². The highest BCUT2D eigenvalue weighted by molar-refractivity contribution is 6.33. The van der Waals surface area contributed by atoms with E-state index >= 15 is 0 Å². The van der Waals surface area contributed by atoms with Gasteiger partial charge in [0, 0.05) is 6.07 Å². The Bertz CT molecular complexity index is 1050. The van der Waals surface area contributed by atoms with Gasteiger partial charge in [-0.25, -0.2) is 4.79 Å². The van der Waals surface area contributed by atoms with Gasteiger partial charge < -0.3 is 9.47 Å². The maximum Gasteiger partial charge on any atom is 0.345 e. The molecule has 0 saturated heterocycles. The standard InChI is InChI=1S/C21H16Cl2N2O3/c1-12-5-4-7-14(13-9-10-13)19(12)28-20-17(11-18(23)24-25-20)27-21(26)15-6-2-3-8-16(15)22/h2-8,11,13H,9-10H2,1H3. The number of ether oxygens (including phenoxy) is 2. The molecule has 0 aliphatic heterocycles. The third kappa shape index (κ3) is 3.96. The largest absolute Gasteiger partial charge is 0.434 e. The average Bonchev–Trinajstić information content (AvgIpc) is 3.50. The van der Waals surface area contributed by atoms with E-state index in [1.54, 1.807) is 24.3 Å². The van der Waals surface area contributed by atoms with Gasteiger partial charge in [-0.15, -0.1) is 10.2 Å². The van der Waals surface area contributed by atoms with Crippen LogP contribution in [0.15, 0.2) is 48.5 Å². The lowest BCUT2D eigenvalue weighted by Gasteiger charge is -2.15. The molecule has 0 amide bonds. The molecule has 5 nitrogen and oxygen atoms in total. The Balaban J connectivity index is 1.67. The second kappa shape index (κ2) is 7.78. The summed E-state index contributed by atoms with van der Waals surface area (Å²) in [4.78, 5) is 12.5. The van der Waals surface area contributed by atoms with Crippen LogP contribution in [0, 0.1) is 6.92 Å². The van der Waals surface area contributed by atoms with E-state index in [4.69, 9.17) is 32.7 Å². The number of carbonyl (C=O) groups is 1. The van der Waals surface area contributed by atoms with E-state index in [9.17, 15) is 4.79 Å². The first-order chi connectivity index (χ1) is 13.5. The summed E-state index contributed by atoms with van der Waals surface area (Å²) < 4.78 is 11.5. The van der Waals surface area contributed by atoms with Crippen molar-refractivity contribution >= 4 is 29.2 Å². The van der Waals surface area contributed by atoms with Crippen LogP contribution >= 0.6 is 23.2 Å². The molecule has 0 N–H and O–H groups in total. The molecule has 1 aliphatic rings. The Hall–Kier alpha value is -2.63. The number of carbonyl (C=O) groups excluding carboxylic acids is 1. The number of hydrogen-bond donors (Lipinski definition) is 0. The lowest BCUT2D eigenvalue weighted by atomic mass is 10.1. The Morgan fingerprint density at radius 3 is 2.61 bits per heavy atom. The van der Waals surface area contributed by atoms with Gasteiger partial charge >= 0.3 is 5.97 Å². The summed E-state index contributed by atoms with van der Waals surface area (Å²) in [6, 6.07) is 14.0. The molecule has 3 aromatic rings. The number of esters is 1. The first-order valence-corrected chi connectivity index (χ1v) is 9.56. The third-order valence-electron chi connectivity index (χ3n) is 4.45. The zero-order valence-electron chi connectivity index (χ0n) is 15.0. The van der Waals surface area contributed by atoms with Crippen LogP contribution < -0.4 is 9.47 Å². The highest BCUT2D eigenvalue weighted by atomic mass is 35.5. The van der Waals surface area contributed by atoms with Crippen molar-refractivity contribution in [3.63, 3.8) is 0 Å². The van der Waals surface area contributed by atoms with Crippen LogP contribution in [0.5, 0.6) is 17.4 Å². The first-order valence-electron chi connectivity index (χ1n) is 8.80. The minimum Gasteiger partial charge on any atom is -0.434 e. The smallest absolute Gasteiger partial charge is 0.345 e. The average molecular weight is 415 g/mol. The molecule has 1 saturated carbocycles. The van der Waals surface area contributed by atoms with Gasteiger partial charge in [0.25, 0.3) is 5.88 Å². The van der Waals surface area contributed by atoms with Crippen LogP contribution in [-0.2, 0) is 0 Å². The van der Waals surface area contributed by atoms with Gasteiger partial charge in [-0.1, -0.05) is 53.5 Å². The maximum absolute atomic E-state index is 12.5. The zero-order valence-corrected chi connectivity index (χ0v) is 16.5. The molecule has 1 fully saturated rings. The van der Waals surface area contributed by atoms with Gasteiger partial charge in [-0.3, -0.25) is 0 Å². The highest BCUT2D eigenvalue weighted by Crippen LogP contribution is 2.46. The molecule has 7 heteroatoms. The van der Waals surface area contributed by atoms with E-state index in [1.165, 1.54) is 6.07 Å². The van der Waals surface area contributed by atoms with Crippen molar-refractivity contribution in [1.29, 1.82) is 0 Å². The van der Waals surface area contributed by atoms with E-state index in [1.807, 2.05) is 25.1 Å². The van der Waals surface area contributed by atoms with Gasteiger partial charge in [0.1, 0.15) is 5.75 Å². The van der Waals surface area contributed by atoms with Crippen molar-refractivity contribution in [1.82, 2.24) is 10.2 Å². The van der Waals surface area contributed by atoms with Crippen LogP contribution in [0.25, 0.3) is 0 Å². The molecule has 0 spiro atoms. The number of halogens is 2. The zero-order chi connectivity index (χ0) is 19.7. The van der Waals surface area contributed by atoms with E-state index < -0.39 is 5.97 Å². The van der Waals surface area contributed by atoms with Crippen molar-refractivity contribution in [3.05, 3.63) is 75.4 Å². The van der Waals surface area contributed by atoms with Crippen LogP contribution in [0.2, 0.25) is 10.2 Å². The summed E-state index contributed by atoms with van der Waals surface area (Å²) in [6.45, 7) is 1.96. The van der Waals surface area contributed by atoms with Crippen molar-refractivity contribution in [2.24, 2.45) is 0 Å². The minimum absolute atomic E-state index is 0.0704. The predicted molar refractivity (Wildman–Crippen MR) is 107 cm³/mol. The summed E-state index contributed by atoms with van der Waals surface area (Å²) in [6.07, 6.45) is 2.25. The fourth-order valence-electron chi connectivity index (χ4n) is 2.89. The van der Waals surface area contributed by atoms with Crippen molar-refractivity contribution in [3.8, 4) is 17.4 Å². The van der Waals surface area contributed by atoms with Crippen LogP contribution in [0.1, 0.15) is 40.2 Å². The Kier molecular flexibility index (Phi) is 5.20. The molecule has 0 unspecified atom stereocenters. The van der Waals surface area contributed by atoms with Crippen LogP contribution in [-0.4, -0.2) is 16.2 Å². The van der Waals surface area contributed by atoms with Gasteiger partial charge in [0.2, 0.25) is 0 Å². The Morgan fingerprint density at radius 1 is 1.07 bits per heavy atom. The van der Waals surface area contributed by atoms with Gasteiger partial charge in [-0.05, 0) is 48.9 Å². The van der Waals surface area contributed by atoms with E-state index in [2.05, 4.69) is 10.2 Å². The summed E-state index contributed by atoms with van der Waals surface area (Å²) >= 11 is 12.0. The second-order valence-corrected chi connectivity index (χ2v) is 7.37. The maximum atomic E-state index is 12.5. The normalized spacial score (nSPS) is 13.2. The van der Waals surface area contributed by atoms with Crippen molar-refractivity contribution in [2.75, 3.05) is 0 Å². The first kappa shape index (κ1) is 18.7. The van der Waals surface area contributed by atoms with E-state index in [0.29, 0.717) is 11.7 Å². The predicted octanol–water partition coefficient (Wildman–Crippen LogP) is 5.98. The molecule has 4 rings (SSSR count). The summed E-state index contributed by atoms with van der Waals surface area (Å²) in [5, 5.41) is 8.19. The van der Waals surface area contributed by atoms with E-state index in [0.717, 1.165) is 24.0 Å². The molecule has 2 aromatic carbocycles. The molecular weight excluding hydrogens is 399 g/mol. The lowest BCUT2D eigenvalue weighted by Crippen LogP contribution is -2.11. The number of aryl methyl sites for hydroxylation is 1. The lowest BCUT2D eigenvalue weighted by molar-refractivity contribution is 0.0729. The minimum atomic E-state index is -0.633. The molecule has 0 bridgehead atoms. The molecule has 142 valence electrons. The molecular formula is C21H16Cl2N2O3. The molecule has 0 radical (unpaired) electrons. The summed E-state index contributed by atoms with van der Waals surface area (Å²) in [5.74, 6) is 0.698. The fourth-order valence-corrected chi connectivity index (χ4v) is 3.24. The molecule has 1 aromatic heterocycles. The second-order valence-electron chi connectivity index (χ2n) is 6.58. The van der Waals surface area contributed by atoms with E-state index in [-0.39, 0.29) is 27.4 Å². The number of para-hydroxylation sites is 1. The molecule has 1 aliphatic carbocycles. The van der Waals surface area contributed by atoms with Crippen molar-refractivity contribution in [2.45, 2.75) is 25.7 Å². The molecule has 28 heavy (non-hydrogen) atoms. The summed E-state index contributed by atoms with van der Waals surface area (Å²) in [5.41, 5.74) is 2.31. The highest BCUT2D eigenvalue weighted by Gasteiger charge is 2.28. The molecule has 1 heterocycles. The third-order valence-corrected chi connectivity index (χ3v) is 4.97. The fraction of sp³-hybridized carbons (Fsp3) is 0.190. The van der Waals surface area contributed by atoms with Crippen molar-refractivity contribution < 1.29 is 14.3 Å². The van der Waals surface area contributed by atoms with Gasteiger partial charge in [-0.2, -0.15) is 0 Å². The van der Waals surface area contributed by atoms with Crippen LogP contribution in [0.4, 0.5) is 0 Å². The number of hydrogen-bond acceptors (Lipinski definition) is 5. The van der Waals surface area contributed by atoms with Crippen LogP contribution in [0.3, 0.4) is 0 Å². The quantitative estimate of drug-likeness (QED) is 0.480. The monoisotopic (exact) mass is 414 g/mol. The number of benzene rings is 2. The van der Waals surface area contributed by atoms with Gasteiger partial charge in [0.15, 0.2) is 10.9 Å². The molecule has 0 atom stereocenters. The number of rotatable bonds is 5. The van der Waals surface area contributed by atoms with Gasteiger partial charge in [0.05, 0.1) is 10.6 Å². The summed E-state index contributed by atoms with van der Waals surface area (Å²) in [7, 11) is 0. The topological polar surface area (TPSA) is 61.3 Å². The SMILES string of the molecule is Cc1cccc(C2CC2)c1Oc1nnc(Cl)cc1OC(=O)c1ccccc1Cl.